The van der Waals surface area contributed by atoms with Gasteiger partial charge in [-0.1, -0.05) is 0 Å². The highest BCUT2D eigenvalue weighted by Gasteiger charge is 2.30. The van der Waals surface area contributed by atoms with Crippen molar-refractivity contribution in [1.82, 2.24) is 20.4 Å². The Balaban J connectivity index is 2.80. The van der Waals surface area contributed by atoms with E-state index in [1.165, 1.54) is 30.9 Å². The van der Waals surface area contributed by atoms with Gasteiger partial charge in [-0.25, -0.2) is 9.59 Å². The number of rotatable bonds is 5. The Morgan fingerprint density at radius 3 is 2.45 bits per heavy atom. The van der Waals surface area contributed by atoms with Crippen molar-refractivity contribution in [3.8, 4) is 0 Å². The Bertz CT molecular complexity index is 537. The molecule has 110 valence electrons. The third-order valence-electron chi connectivity index (χ3n) is 2.62. The van der Waals surface area contributed by atoms with Crippen molar-refractivity contribution in [3.63, 3.8) is 0 Å². The summed E-state index contributed by atoms with van der Waals surface area (Å²) < 4.78 is 1.41. The van der Waals surface area contributed by atoms with Crippen LogP contribution in [0, 0.1) is 0 Å². The molecule has 0 aliphatic heterocycles. The summed E-state index contributed by atoms with van der Waals surface area (Å²) in [5.41, 5.74) is 4.13. The maximum absolute atomic E-state index is 11.7. The summed E-state index contributed by atoms with van der Waals surface area (Å²) in [6.07, 6.45) is 2.80. The van der Waals surface area contributed by atoms with Crippen LogP contribution in [0.4, 0.5) is 4.79 Å². The Hall–Kier alpha value is -2.58. The maximum atomic E-state index is 11.7. The van der Waals surface area contributed by atoms with Crippen LogP contribution in [-0.2, 0) is 16.6 Å². The zero-order chi connectivity index (χ0) is 15.5. The first-order chi connectivity index (χ1) is 9.13. The molecule has 1 unspecified atom stereocenters. The van der Waals surface area contributed by atoms with Gasteiger partial charge in [-0.2, -0.15) is 5.10 Å². The van der Waals surface area contributed by atoms with E-state index in [9.17, 15) is 14.4 Å². The number of carbonyl (C=O) groups is 3. The Morgan fingerprint density at radius 2 is 2.05 bits per heavy atom. The minimum absolute atomic E-state index is 0.312. The van der Waals surface area contributed by atoms with Gasteiger partial charge in [0.25, 0.3) is 0 Å². The molecule has 3 amide bonds. The van der Waals surface area contributed by atoms with Gasteiger partial charge in [0, 0.05) is 18.8 Å². The largest absolute Gasteiger partial charge is 0.479 e. The standard InChI is InChI=1S/C11H17N5O4/c1-11(2,9(12)19)15-10(20)14-7(8(17)18)6-4-13-16(3)5-6/h4-5,7H,1-3H3,(H2,12,19)(H,17,18)(H2,14,15,20). The number of hydrogen-bond donors (Lipinski definition) is 4. The van der Waals surface area contributed by atoms with E-state index in [1.54, 1.807) is 7.05 Å². The molecule has 20 heavy (non-hydrogen) atoms. The lowest BCUT2D eigenvalue weighted by molar-refractivity contribution is -0.139. The summed E-state index contributed by atoms with van der Waals surface area (Å²) in [4.78, 5) is 34.0. The fourth-order valence-electron chi connectivity index (χ4n) is 1.39. The first kappa shape index (κ1) is 15.5. The molecule has 0 saturated heterocycles. The van der Waals surface area contributed by atoms with Crippen LogP contribution in [-0.4, -0.2) is 38.3 Å². The van der Waals surface area contributed by atoms with Crippen molar-refractivity contribution in [3.05, 3.63) is 18.0 Å². The van der Waals surface area contributed by atoms with Gasteiger partial charge in [-0.3, -0.25) is 9.48 Å². The number of hydrogen-bond acceptors (Lipinski definition) is 4. The van der Waals surface area contributed by atoms with Crippen LogP contribution in [0.25, 0.3) is 0 Å². The van der Waals surface area contributed by atoms with Crippen LogP contribution in [0.1, 0.15) is 25.5 Å². The summed E-state index contributed by atoms with van der Waals surface area (Å²) in [5, 5.41) is 17.5. The number of carbonyl (C=O) groups excluding carboxylic acids is 2. The van der Waals surface area contributed by atoms with Crippen molar-refractivity contribution in [2.24, 2.45) is 12.8 Å². The molecule has 5 N–H and O–H groups in total. The summed E-state index contributed by atoms with van der Waals surface area (Å²) in [6, 6.07) is -2.09. The average Bonchev–Trinajstić information content (AvgIpc) is 2.71. The average molecular weight is 283 g/mol. The molecule has 0 spiro atoms. The van der Waals surface area contributed by atoms with Gasteiger partial charge in [0.05, 0.1) is 6.20 Å². The SMILES string of the molecule is Cn1cc(C(NC(=O)NC(C)(C)C(N)=O)C(=O)O)cn1. The van der Waals surface area contributed by atoms with Crippen LogP contribution in [0.2, 0.25) is 0 Å². The third kappa shape index (κ3) is 3.70. The van der Waals surface area contributed by atoms with Crippen LogP contribution in [0.15, 0.2) is 12.4 Å². The lowest BCUT2D eigenvalue weighted by atomic mass is 10.1. The first-order valence-electron chi connectivity index (χ1n) is 5.73. The van der Waals surface area contributed by atoms with Gasteiger partial charge < -0.3 is 21.5 Å². The molecule has 1 rings (SSSR count). The summed E-state index contributed by atoms with van der Waals surface area (Å²) in [7, 11) is 1.62. The van der Waals surface area contributed by atoms with E-state index in [1.807, 2.05) is 0 Å². The zero-order valence-electron chi connectivity index (χ0n) is 11.4. The number of nitrogens with two attached hydrogens (primary N) is 1. The van der Waals surface area contributed by atoms with Gasteiger partial charge in [0.15, 0.2) is 6.04 Å². The molecular formula is C11H17N5O4. The van der Waals surface area contributed by atoms with Crippen molar-refractivity contribution >= 4 is 17.9 Å². The Labute approximate surface area is 115 Å². The normalized spacial score (nSPS) is 12.6. The molecule has 0 aliphatic rings. The molecule has 9 nitrogen and oxygen atoms in total. The summed E-state index contributed by atoms with van der Waals surface area (Å²) >= 11 is 0. The van der Waals surface area contributed by atoms with Gasteiger partial charge in [-0.05, 0) is 13.8 Å². The predicted molar refractivity (Wildman–Crippen MR) is 68.5 cm³/mol. The summed E-state index contributed by atoms with van der Waals surface area (Å²) in [6.45, 7) is 2.82. The fourth-order valence-corrected chi connectivity index (χ4v) is 1.39. The topological polar surface area (TPSA) is 139 Å². The molecule has 0 fully saturated rings. The lowest BCUT2D eigenvalue weighted by Gasteiger charge is -2.23. The fraction of sp³-hybridized carbons (Fsp3) is 0.455. The van der Waals surface area contributed by atoms with E-state index in [4.69, 9.17) is 10.8 Å². The second-order valence-corrected chi connectivity index (χ2v) is 4.81. The number of nitrogens with one attached hydrogen (secondary N) is 2. The van der Waals surface area contributed by atoms with Crippen molar-refractivity contribution < 1.29 is 19.5 Å². The van der Waals surface area contributed by atoms with E-state index in [0.717, 1.165) is 0 Å². The number of urea groups is 1. The van der Waals surface area contributed by atoms with Crippen LogP contribution in [0.3, 0.4) is 0 Å². The molecule has 9 heteroatoms. The third-order valence-corrected chi connectivity index (χ3v) is 2.62. The molecule has 0 radical (unpaired) electrons. The van der Waals surface area contributed by atoms with E-state index >= 15 is 0 Å². The second kappa shape index (κ2) is 5.59. The van der Waals surface area contributed by atoms with Crippen LogP contribution in [0.5, 0.6) is 0 Å². The number of aliphatic carboxylic acids is 1. The number of aromatic nitrogens is 2. The molecule has 0 aromatic carbocycles. The monoisotopic (exact) mass is 283 g/mol. The maximum Gasteiger partial charge on any atom is 0.331 e. The number of carboxylic acid groups (broad SMARTS) is 1. The van der Waals surface area contributed by atoms with Crippen LogP contribution >= 0.6 is 0 Å². The predicted octanol–water partition coefficient (Wildman–Crippen LogP) is -0.891. The van der Waals surface area contributed by atoms with Crippen molar-refractivity contribution in [2.45, 2.75) is 25.4 Å². The van der Waals surface area contributed by atoms with Crippen LogP contribution < -0.4 is 16.4 Å². The van der Waals surface area contributed by atoms with E-state index in [0.29, 0.717) is 5.56 Å². The summed E-state index contributed by atoms with van der Waals surface area (Å²) in [5.74, 6) is -1.98. The zero-order valence-corrected chi connectivity index (χ0v) is 11.4. The van der Waals surface area contributed by atoms with E-state index < -0.39 is 29.5 Å². The highest BCUT2D eigenvalue weighted by molar-refractivity contribution is 5.90. The van der Waals surface area contributed by atoms with Gasteiger partial charge >= 0.3 is 12.0 Å². The number of nitrogens with zero attached hydrogens (tertiary/aromatic N) is 2. The minimum Gasteiger partial charge on any atom is -0.479 e. The number of aryl methyl sites for hydroxylation is 1. The van der Waals surface area contributed by atoms with Crippen molar-refractivity contribution in [2.75, 3.05) is 0 Å². The number of primary amides is 1. The molecular weight excluding hydrogens is 266 g/mol. The lowest BCUT2D eigenvalue weighted by Crippen LogP contribution is -2.56. The molecule has 1 aromatic heterocycles. The number of carboxylic acids is 1. The highest BCUT2D eigenvalue weighted by Crippen LogP contribution is 2.12. The minimum atomic E-state index is -1.29. The number of amides is 3. The van der Waals surface area contributed by atoms with Gasteiger partial charge in [0.2, 0.25) is 5.91 Å². The van der Waals surface area contributed by atoms with E-state index in [2.05, 4.69) is 15.7 Å². The molecule has 0 aliphatic carbocycles. The van der Waals surface area contributed by atoms with Gasteiger partial charge in [0.1, 0.15) is 5.54 Å². The smallest absolute Gasteiger partial charge is 0.331 e. The quantitative estimate of drug-likeness (QED) is 0.555. The Morgan fingerprint density at radius 1 is 1.45 bits per heavy atom. The van der Waals surface area contributed by atoms with E-state index in [-0.39, 0.29) is 0 Å². The highest BCUT2D eigenvalue weighted by atomic mass is 16.4. The van der Waals surface area contributed by atoms with Gasteiger partial charge in [-0.15, -0.1) is 0 Å². The molecule has 0 saturated carbocycles. The Kier molecular flexibility index (Phi) is 4.33. The first-order valence-corrected chi connectivity index (χ1v) is 5.73. The van der Waals surface area contributed by atoms with Crippen molar-refractivity contribution in [1.29, 1.82) is 0 Å². The molecule has 1 heterocycles. The second-order valence-electron chi connectivity index (χ2n) is 4.81. The molecule has 1 aromatic rings. The molecule has 0 bridgehead atoms. The molecule has 1 atom stereocenters.